The number of hydrogen-bond acceptors (Lipinski definition) is 4. The summed E-state index contributed by atoms with van der Waals surface area (Å²) in [6.07, 6.45) is 2.04. The molecule has 0 spiro atoms. The van der Waals surface area contributed by atoms with Gasteiger partial charge in [-0.2, -0.15) is 0 Å². The third-order valence-corrected chi connectivity index (χ3v) is 4.88. The van der Waals surface area contributed by atoms with Gasteiger partial charge < -0.3 is 10.5 Å². The number of nitrogen functional groups attached to an aromatic ring is 1. The Morgan fingerprint density at radius 1 is 1.37 bits per heavy atom. The van der Waals surface area contributed by atoms with Crippen molar-refractivity contribution in [3.05, 3.63) is 22.7 Å². The molecule has 0 unspecified atom stereocenters. The van der Waals surface area contributed by atoms with E-state index in [1.807, 2.05) is 0 Å². The lowest BCUT2D eigenvalue weighted by molar-refractivity contribution is 0.136. The van der Waals surface area contributed by atoms with Crippen LogP contribution >= 0.6 is 15.9 Å². The highest BCUT2D eigenvalue weighted by Crippen LogP contribution is 2.23. The number of nitrogens with one attached hydrogen (secondary N) is 1. The monoisotopic (exact) mass is 350 g/mol. The maximum atomic E-state index is 12.0. The fourth-order valence-electron chi connectivity index (χ4n) is 1.40. The molecule has 0 atom stereocenters. The Morgan fingerprint density at radius 3 is 2.79 bits per heavy atom. The first-order valence-corrected chi connectivity index (χ1v) is 8.37. The molecule has 0 radical (unpaired) electrons. The first-order chi connectivity index (χ1) is 8.97. The second-order valence-electron chi connectivity index (χ2n) is 4.05. The van der Waals surface area contributed by atoms with Gasteiger partial charge in [0.25, 0.3) is 0 Å². The van der Waals surface area contributed by atoms with Gasteiger partial charge in [0.2, 0.25) is 10.0 Å². The molecule has 0 bridgehead atoms. The van der Waals surface area contributed by atoms with Gasteiger partial charge in [0, 0.05) is 23.3 Å². The molecule has 0 heterocycles. The number of rotatable bonds is 8. The van der Waals surface area contributed by atoms with Crippen molar-refractivity contribution in [2.45, 2.75) is 24.7 Å². The van der Waals surface area contributed by atoms with Crippen molar-refractivity contribution in [2.24, 2.45) is 0 Å². The number of benzene rings is 1. The highest BCUT2D eigenvalue weighted by atomic mass is 79.9. The Bertz CT molecular complexity index is 506. The number of unbranched alkanes of at least 4 members (excludes halogenated alkanes) is 1. The fraction of sp³-hybridized carbons (Fsp3) is 0.500. The minimum Gasteiger partial charge on any atom is -0.399 e. The molecule has 1 aromatic rings. The second kappa shape index (κ2) is 7.84. The maximum Gasteiger partial charge on any atom is 0.241 e. The van der Waals surface area contributed by atoms with Gasteiger partial charge in [-0.15, -0.1) is 0 Å². The lowest BCUT2D eigenvalue weighted by Crippen LogP contribution is -2.28. The van der Waals surface area contributed by atoms with Crippen LogP contribution in [-0.4, -0.2) is 28.2 Å². The molecule has 19 heavy (non-hydrogen) atoms. The van der Waals surface area contributed by atoms with E-state index < -0.39 is 10.0 Å². The van der Waals surface area contributed by atoms with Crippen LogP contribution < -0.4 is 10.5 Å². The van der Waals surface area contributed by atoms with Gasteiger partial charge in [0.05, 0.1) is 11.5 Å². The Morgan fingerprint density at radius 2 is 2.11 bits per heavy atom. The van der Waals surface area contributed by atoms with Gasteiger partial charge in [-0.05, 0) is 40.5 Å². The van der Waals surface area contributed by atoms with E-state index in [0.29, 0.717) is 23.4 Å². The van der Waals surface area contributed by atoms with Crippen LogP contribution in [0.25, 0.3) is 0 Å². The highest BCUT2D eigenvalue weighted by molar-refractivity contribution is 9.10. The third kappa shape index (κ3) is 5.48. The van der Waals surface area contributed by atoms with Crippen molar-refractivity contribution < 1.29 is 13.2 Å². The average molecular weight is 351 g/mol. The second-order valence-corrected chi connectivity index (χ2v) is 6.64. The van der Waals surface area contributed by atoms with Crippen LogP contribution in [0.2, 0.25) is 0 Å². The fourth-order valence-corrected chi connectivity index (χ4v) is 3.41. The van der Waals surface area contributed by atoms with Gasteiger partial charge >= 0.3 is 0 Å². The zero-order valence-corrected chi connectivity index (χ0v) is 13.3. The first kappa shape index (κ1) is 16.4. The van der Waals surface area contributed by atoms with Crippen molar-refractivity contribution >= 4 is 31.6 Å². The van der Waals surface area contributed by atoms with Gasteiger partial charge in [-0.3, -0.25) is 0 Å². The van der Waals surface area contributed by atoms with E-state index in [1.165, 1.54) is 6.07 Å². The van der Waals surface area contributed by atoms with Crippen LogP contribution in [0.4, 0.5) is 5.69 Å². The number of sulfonamides is 1. The summed E-state index contributed by atoms with van der Waals surface area (Å²) in [6.45, 7) is 3.33. The molecule has 0 saturated carbocycles. The van der Waals surface area contributed by atoms with Crippen LogP contribution in [0.1, 0.15) is 19.8 Å². The Balaban J connectivity index is 2.54. The molecule has 0 amide bonds. The molecular formula is C12H19BrN2O3S. The van der Waals surface area contributed by atoms with Crippen molar-refractivity contribution in [1.82, 2.24) is 4.72 Å². The van der Waals surface area contributed by atoms with E-state index in [4.69, 9.17) is 10.5 Å². The molecule has 0 fully saturated rings. The first-order valence-electron chi connectivity index (χ1n) is 6.10. The number of halogens is 1. The molecule has 108 valence electrons. The van der Waals surface area contributed by atoms with Crippen LogP contribution in [0.3, 0.4) is 0 Å². The Hall–Kier alpha value is -0.630. The van der Waals surface area contributed by atoms with Crippen LogP contribution in [0, 0.1) is 0 Å². The van der Waals surface area contributed by atoms with Crippen LogP contribution in [0.15, 0.2) is 27.6 Å². The van der Waals surface area contributed by atoms with Crippen molar-refractivity contribution in [2.75, 3.05) is 25.5 Å². The summed E-state index contributed by atoms with van der Waals surface area (Å²) in [5.41, 5.74) is 6.00. The smallest absolute Gasteiger partial charge is 0.241 e. The normalized spacial score (nSPS) is 11.7. The molecular weight excluding hydrogens is 332 g/mol. The third-order valence-electron chi connectivity index (χ3n) is 2.43. The summed E-state index contributed by atoms with van der Waals surface area (Å²) in [5, 5.41) is 0. The minimum absolute atomic E-state index is 0.140. The van der Waals surface area contributed by atoms with Gasteiger partial charge in [-0.1, -0.05) is 13.3 Å². The molecule has 7 heteroatoms. The zero-order valence-electron chi connectivity index (χ0n) is 10.9. The van der Waals surface area contributed by atoms with E-state index in [1.54, 1.807) is 12.1 Å². The summed E-state index contributed by atoms with van der Waals surface area (Å²) in [5.74, 6) is 0. The van der Waals surface area contributed by atoms with E-state index in [2.05, 4.69) is 27.6 Å². The van der Waals surface area contributed by atoms with E-state index in [9.17, 15) is 8.42 Å². The predicted molar refractivity (Wildman–Crippen MR) is 79.5 cm³/mol. The van der Waals surface area contributed by atoms with Crippen LogP contribution in [0.5, 0.6) is 0 Å². The Labute approximate surface area is 122 Å². The predicted octanol–water partition coefficient (Wildman–Crippen LogP) is 2.13. The maximum absolute atomic E-state index is 12.0. The van der Waals surface area contributed by atoms with E-state index in [0.717, 1.165) is 12.8 Å². The van der Waals surface area contributed by atoms with Crippen LogP contribution in [-0.2, 0) is 14.8 Å². The van der Waals surface area contributed by atoms with Crippen molar-refractivity contribution in [3.8, 4) is 0 Å². The number of ether oxygens (including phenoxy) is 1. The minimum atomic E-state index is -3.56. The SMILES string of the molecule is CCCCOCCNS(=O)(=O)c1cc(N)ccc1Br. The molecule has 0 aliphatic carbocycles. The quantitative estimate of drug-likeness (QED) is 0.555. The lowest BCUT2D eigenvalue weighted by atomic mass is 10.3. The molecule has 0 saturated heterocycles. The largest absolute Gasteiger partial charge is 0.399 e. The summed E-state index contributed by atoms with van der Waals surface area (Å²) in [4.78, 5) is 0.140. The van der Waals surface area contributed by atoms with Gasteiger partial charge in [0.1, 0.15) is 0 Å². The molecule has 0 aliphatic rings. The summed E-state index contributed by atoms with van der Waals surface area (Å²) >= 11 is 3.20. The van der Waals surface area contributed by atoms with Gasteiger partial charge in [-0.25, -0.2) is 13.1 Å². The lowest BCUT2D eigenvalue weighted by Gasteiger charge is -2.09. The zero-order chi connectivity index (χ0) is 14.3. The van der Waals surface area contributed by atoms with E-state index in [-0.39, 0.29) is 11.4 Å². The molecule has 1 aromatic carbocycles. The Kier molecular flexibility index (Phi) is 6.78. The number of hydrogen-bond donors (Lipinski definition) is 2. The summed E-state index contributed by atoms with van der Waals surface area (Å²) in [7, 11) is -3.56. The molecule has 0 aliphatic heterocycles. The summed E-state index contributed by atoms with van der Waals surface area (Å²) < 4.78 is 32.3. The molecule has 0 aromatic heterocycles. The molecule has 5 nitrogen and oxygen atoms in total. The number of nitrogens with two attached hydrogens (primary N) is 1. The van der Waals surface area contributed by atoms with E-state index >= 15 is 0 Å². The van der Waals surface area contributed by atoms with Crippen molar-refractivity contribution in [1.29, 1.82) is 0 Å². The average Bonchev–Trinajstić information content (AvgIpc) is 2.36. The topological polar surface area (TPSA) is 81.4 Å². The number of anilines is 1. The van der Waals surface area contributed by atoms with Gasteiger partial charge in [0.15, 0.2) is 0 Å². The molecule has 3 N–H and O–H groups in total. The summed E-state index contributed by atoms with van der Waals surface area (Å²) in [6, 6.07) is 4.67. The molecule has 1 rings (SSSR count). The standard InChI is InChI=1S/C12H19BrN2O3S/c1-2-3-7-18-8-6-15-19(16,17)12-9-10(14)4-5-11(12)13/h4-5,9,15H,2-3,6-8,14H2,1H3. The van der Waals surface area contributed by atoms with Crippen molar-refractivity contribution in [3.63, 3.8) is 0 Å². The highest BCUT2D eigenvalue weighted by Gasteiger charge is 2.17.